The molecule has 1 aromatic heterocycles. The highest BCUT2D eigenvalue weighted by atomic mass is 16.5. The standard InChI is InChI=1S/C16H24N4O2/c1-13(2)8-19-5-6-22-11-16(9-19)7-15(21)20(10-16)14-3-4-17-12-18-14/h3-4,12-13H,5-11H2,1-2H3/t16-/m1/s1. The lowest BCUT2D eigenvalue weighted by molar-refractivity contribution is -0.118. The van der Waals surface area contributed by atoms with Crippen molar-refractivity contribution in [2.45, 2.75) is 20.3 Å². The number of anilines is 1. The number of hydrogen-bond acceptors (Lipinski definition) is 5. The number of ether oxygens (including phenoxy) is 1. The summed E-state index contributed by atoms with van der Waals surface area (Å²) in [6.45, 7) is 9.44. The van der Waals surface area contributed by atoms with Crippen LogP contribution in [-0.4, -0.2) is 60.2 Å². The van der Waals surface area contributed by atoms with Crippen LogP contribution in [0.5, 0.6) is 0 Å². The highest BCUT2D eigenvalue weighted by Gasteiger charge is 2.46. The van der Waals surface area contributed by atoms with Crippen LogP contribution in [0.25, 0.3) is 0 Å². The van der Waals surface area contributed by atoms with E-state index >= 15 is 0 Å². The van der Waals surface area contributed by atoms with Crippen LogP contribution < -0.4 is 4.90 Å². The lowest BCUT2D eigenvalue weighted by Gasteiger charge is -2.31. The highest BCUT2D eigenvalue weighted by molar-refractivity contribution is 5.95. The van der Waals surface area contributed by atoms with Crippen LogP contribution in [0.2, 0.25) is 0 Å². The van der Waals surface area contributed by atoms with Gasteiger partial charge in [-0.25, -0.2) is 9.97 Å². The molecule has 0 radical (unpaired) electrons. The molecule has 2 aliphatic heterocycles. The zero-order chi connectivity index (χ0) is 15.6. The molecular weight excluding hydrogens is 280 g/mol. The lowest BCUT2D eigenvalue weighted by atomic mass is 9.87. The number of hydrogen-bond donors (Lipinski definition) is 0. The largest absolute Gasteiger partial charge is 0.379 e. The van der Waals surface area contributed by atoms with Crippen LogP contribution in [0.1, 0.15) is 20.3 Å². The molecule has 6 nitrogen and oxygen atoms in total. The summed E-state index contributed by atoms with van der Waals surface area (Å²) in [5, 5.41) is 0. The maximum absolute atomic E-state index is 12.5. The first-order valence-electron chi connectivity index (χ1n) is 7.94. The molecule has 120 valence electrons. The molecule has 0 unspecified atom stereocenters. The Hall–Kier alpha value is -1.53. The summed E-state index contributed by atoms with van der Waals surface area (Å²) in [5.74, 6) is 1.44. The average Bonchev–Trinajstić information content (AvgIpc) is 2.67. The number of amides is 1. The van der Waals surface area contributed by atoms with Gasteiger partial charge >= 0.3 is 0 Å². The number of rotatable bonds is 3. The lowest BCUT2D eigenvalue weighted by Crippen LogP contribution is -2.42. The van der Waals surface area contributed by atoms with Gasteiger partial charge in [0.05, 0.1) is 13.2 Å². The summed E-state index contributed by atoms with van der Waals surface area (Å²) in [6.07, 6.45) is 3.70. The number of carbonyl (C=O) groups is 1. The molecule has 6 heteroatoms. The van der Waals surface area contributed by atoms with E-state index in [0.29, 0.717) is 31.3 Å². The van der Waals surface area contributed by atoms with Crippen LogP contribution in [0.15, 0.2) is 18.6 Å². The molecule has 0 bridgehead atoms. The van der Waals surface area contributed by atoms with Gasteiger partial charge in [0, 0.05) is 44.2 Å². The van der Waals surface area contributed by atoms with Crippen LogP contribution in [-0.2, 0) is 9.53 Å². The number of carbonyl (C=O) groups excluding carboxylic acids is 1. The topological polar surface area (TPSA) is 58.6 Å². The van der Waals surface area contributed by atoms with Crippen molar-refractivity contribution in [1.82, 2.24) is 14.9 Å². The second-order valence-electron chi connectivity index (χ2n) is 6.91. The quantitative estimate of drug-likeness (QED) is 0.839. The van der Waals surface area contributed by atoms with Crippen molar-refractivity contribution in [2.75, 3.05) is 44.3 Å². The third kappa shape index (κ3) is 3.28. The molecule has 0 aliphatic carbocycles. The fourth-order valence-corrected chi connectivity index (χ4v) is 3.50. The van der Waals surface area contributed by atoms with Gasteiger partial charge in [0.15, 0.2) is 0 Å². The van der Waals surface area contributed by atoms with Gasteiger partial charge in [0.25, 0.3) is 0 Å². The van der Waals surface area contributed by atoms with Gasteiger partial charge < -0.3 is 9.64 Å². The summed E-state index contributed by atoms with van der Waals surface area (Å²) in [4.78, 5) is 24.8. The molecule has 2 aliphatic rings. The van der Waals surface area contributed by atoms with Gasteiger partial charge in [0.1, 0.15) is 12.1 Å². The molecule has 0 saturated carbocycles. The Kier molecular flexibility index (Phi) is 4.40. The van der Waals surface area contributed by atoms with E-state index in [0.717, 1.165) is 26.2 Å². The fraction of sp³-hybridized carbons (Fsp3) is 0.688. The maximum atomic E-state index is 12.5. The van der Waals surface area contributed by atoms with E-state index < -0.39 is 0 Å². The molecule has 22 heavy (non-hydrogen) atoms. The van der Waals surface area contributed by atoms with Gasteiger partial charge in [-0.1, -0.05) is 13.8 Å². The monoisotopic (exact) mass is 304 g/mol. The smallest absolute Gasteiger partial charge is 0.228 e. The van der Waals surface area contributed by atoms with E-state index in [-0.39, 0.29) is 11.3 Å². The SMILES string of the molecule is CC(C)CN1CCOC[C@]2(CC(=O)N(c3ccncn3)C2)C1. The van der Waals surface area contributed by atoms with E-state index in [1.807, 2.05) is 0 Å². The minimum Gasteiger partial charge on any atom is -0.379 e. The summed E-state index contributed by atoms with van der Waals surface area (Å²) in [5.41, 5.74) is -0.118. The Balaban J connectivity index is 1.77. The van der Waals surface area contributed by atoms with Crippen molar-refractivity contribution in [3.63, 3.8) is 0 Å². The van der Waals surface area contributed by atoms with Gasteiger partial charge in [-0.3, -0.25) is 9.69 Å². The van der Waals surface area contributed by atoms with E-state index in [9.17, 15) is 4.79 Å². The molecule has 3 heterocycles. The number of aromatic nitrogens is 2. The van der Waals surface area contributed by atoms with E-state index in [1.54, 1.807) is 17.2 Å². The summed E-state index contributed by atoms with van der Waals surface area (Å²) in [6, 6.07) is 1.79. The third-order valence-corrected chi connectivity index (χ3v) is 4.31. The van der Waals surface area contributed by atoms with Gasteiger partial charge in [-0.05, 0) is 12.0 Å². The van der Waals surface area contributed by atoms with Gasteiger partial charge in [0.2, 0.25) is 5.91 Å². The Bertz CT molecular complexity index is 522. The van der Waals surface area contributed by atoms with E-state index in [4.69, 9.17) is 4.74 Å². The van der Waals surface area contributed by atoms with Crippen LogP contribution in [0.3, 0.4) is 0 Å². The summed E-state index contributed by atoms with van der Waals surface area (Å²) < 4.78 is 5.82. The molecule has 2 saturated heterocycles. The van der Waals surface area contributed by atoms with Crippen molar-refractivity contribution >= 4 is 11.7 Å². The van der Waals surface area contributed by atoms with Gasteiger partial charge in [-0.15, -0.1) is 0 Å². The molecular formula is C16H24N4O2. The Labute approximate surface area is 131 Å². The van der Waals surface area contributed by atoms with Crippen molar-refractivity contribution in [2.24, 2.45) is 11.3 Å². The van der Waals surface area contributed by atoms with Crippen molar-refractivity contribution in [3.8, 4) is 0 Å². The first-order chi connectivity index (χ1) is 10.6. The van der Waals surface area contributed by atoms with E-state index in [2.05, 4.69) is 28.7 Å². The van der Waals surface area contributed by atoms with Gasteiger partial charge in [-0.2, -0.15) is 0 Å². The second-order valence-corrected chi connectivity index (χ2v) is 6.91. The molecule has 1 spiro atoms. The normalized spacial score (nSPS) is 26.9. The number of nitrogens with zero attached hydrogens (tertiary/aromatic N) is 4. The molecule has 2 fully saturated rings. The third-order valence-electron chi connectivity index (χ3n) is 4.31. The molecule has 0 aromatic carbocycles. The zero-order valence-electron chi connectivity index (χ0n) is 13.4. The molecule has 1 atom stereocenters. The predicted molar refractivity (Wildman–Crippen MR) is 83.5 cm³/mol. The second kappa shape index (κ2) is 6.30. The fourth-order valence-electron chi connectivity index (χ4n) is 3.50. The average molecular weight is 304 g/mol. The first-order valence-corrected chi connectivity index (χ1v) is 7.94. The Morgan fingerprint density at radius 2 is 2.27 bits per heavy atom. The first kappa shape index (κ1) is 15.4. The molecule has 3 rings (SSSR count). The van der Waals surface area contributed by atoms with Crippen molar-refractivity contribution in [3.05, 3.63) is 18.6 Å². The maximum Gasteiger partial charge on any atom is 0.228 e. The van der Waals surface area contributed by atoms with E-state index in [1.165, 1.54) is 6.33 Å². The van der Waals surface area contributed by atoms with Crippen LogP contribution in [0, 0.1) is 11.3 Å². The Morgan fingerprint density at radius 1 is 1.41 bits per heavy atom. The predicted octanol–water partition coefficient (Wildman–Crippen LogP) is 1.19. The minimum absolute atomic E-state index is 0.118. The highest BCUT2D eigenvalue weighted by Crippen LogP contribution is 2.36. The van der Waals surface area contributed by atoms with Crippen molar-refractivity contribution in [1.29, 1.82) is 0 Å². The molecule has 0 N–H and O–H groups in total. The molecule has 1 amide bonds. The summed E-state index contributed by atoms with van der Waals surface area (Å²) >= 11 is 0. The van der Waals surface area contributed by atoms with Crippen molar-refractivity contribution < 1.29 is 9.53 Å². The van der Waals surface area contributed by atoms with Crippen LogP contribution in [0.4, 0.5) is 5.82 Å². The Morgan fingerprint density at radius 3 is 3.00 bits per heavy atom. The van der Waals surface area contributed by atoms with Crippen LogP contribution >= 0.6 is 0 Å². The molecule has 1 aromatic rings. The zero-order valence-corrected chi connectivity index (χ0v) is 13.4. The minimum atomic E-state index is -0.118. The summed E-state index contributed by atoms with van der Waals surface area (Å²) in [7, 11) is 0.